The van der Waals surface area contributed by atoms with Crippen molar-refractivity contribution in [3.05, 3.63) is 71.3 Å². The number of carbonyl (C=O) groups is 1. The van der Waals surface area contributed by atoms with Gasteiger partial charge in [0.25, 0.3) is 0 Å². The molecule has 166 valence electrons. The van der Waals surface area contributed by atoms with Gasteiger partial charge in [-0.2, -0.15) is 13.2 Å². The summed E-state index contributed by atoms with van der Waals surface area (Å²) in [6.07, 6.45) is -1.27. The molecule has 2 aromatic carbocycles. The first-order chi connectivity index (χ1) is 14.9. The second kappa shape index (κ2) is 10.5. The van der Waals surface area contributed by atoms with Crippen LogP contribution in [0.3, 0.4) is 0 Å². The molecule has 5 nitrogen and oxygen atoms in total. The van der Waals surface area contributed by atoms with Crippen molar-refractivity contribution >= 4 is 12.0 Å². The van der Waals surface area contributed by atoms with Gasteiger partial charge in [-0.15, -0.1) is 0 Å². The number of hydrogen-bond donors (Lipinski definition) is 1. The molecule has 1 amide bonds. The molecule has 0 aromatic heterocycles. The van der Waals surface area contributed by atoms with Crippen LogP contribution >= 0.6 is 0 Å². The van der Waals surface area contributed by atoms with E-state index in [4.69, 9.17) is 9.47 Å². The summed E-state index contributed by atoms with van der Waals surface area (Å²) in [5.41, 5.74) is 0.844. The minimum Gasteiger partial charge on any atom is -0.497 e. The molecule has 1 N–H and O–H groups in total. The number of amides is 1. The van der Waals surface area contributed by atoms with E-state index in [1.807, 2.05) is 24.3 Å². The van der Waals surface area contributed by atoms with E-state index in [1.165, 1.54) is 18.2 Å². The Morgan fingerprint density at radius 3 is 2.55 bits per heavy atom. The lowest BCUT2D eigenvalue weighted by atomic mass is 10.0. The van der Waals surface area contributed by atoms with Gasteiger partial charge in [-0.3, -0.25) is 9.69 Å². The Bertz CT molecular complexity index is 892. The first-order valence-corrected chi connectivity index (χ1v) is 9.96. The quantitative estimate of drug-likeness (QED) is 0.672. The Balaban J connectivity index is 1.68. The van der Waals surface area contributed by atoms with Gasteiger partial charge in [-0.25, -0.2) is 0 Å². The van der Waals surface area contributed by atoms with Gasteiger partial charge in [-0.05, 0) is 41.5 Å². The van der Waals surface area contributed by atoms with E-state index in [1.54, 1.807) is 13.2 Å². The molecule has 1 aliphatic heterocycles. The normalized spacial score (nSPS) is 16.3. The average Bonchev–Trinajstić information content (AvgIpc) is 2.78. The molecule has 0 aliphatic carbocycles. The van der Waals surface area contributed by atoms with Crippen LogP contribution in [0.1, 0.15) is 22.7 Å². The van der Waals surface area contributed by atoms with Crippen LogP contribution in [0, 0.1) is 0 Å². The maximum absolute atomic E-state index is 12.9. The number of nitrogens with zero attached hydrogens (tertiary/aromatic N) is 1. The molecule has 1 saturated heterocycles. The van der Waals surface area contributed by atoms with Crippen molar-refractivity contribution in [1.29, 1.82) is 0 Å². The van der Waals surface area contributed by atoms with E-state index in [2.05, 4.69) is 10.2 Å². The summed E-state index contributed by atoms with van der Waals surface area (Å²) < 4.78 is 49.3. The van der Waals surface area contributed by atoms with Gasteiger partial charge in [0.1, 0.15) is 5.75 Å². The van der Waals surface area contributed by atoms with E-state index in [0.717, 1.165) is 17.7 Å². The lowest BCUT2D eigenvalue weighted by Crippen LogP contribution is -2.43. The van der Waals surface area contributed by atoms with E-state index in [0.29, 0.717) is 37.6 Å². The molecule has 1 aliphatic rings. The molecule has 3 rings (SSSR count). The van der Waals surface area contributed by atoms with Crippen LogP contribution in [0.15, 0.2) is 54.6 Å². The smallest absolute Gasteiger partial charge is 0.416 e. The Kier molecular flexibility index (Phi) is 7.70. The van der Waals surface area contributed by atoms with Crippen molar-refractivity contribution in [3.63, 3.8) is 0 Å². The van der Waals surface area contributed by atoms with Crippen LogP contribution in [0.2, 0.25) is 0 Å². The summed E-state index contributed by atoms with van der Waals surface area (Å²) in [5.74, 6) is 0.408. The fourth-order valence-corrected chi connectivity index (χ4v) is 3.41. The first kappa shape index (κ1) is 22.8. The number of carbonyl (C=O) groups excluding carboxylic acids is 1. The van der Waals surface area contributed by atoms with Crippen molar-refractivity contribution in [2.45, 2.75) is 12.2 Å². The highest BCUT2D eigenvalue weighted by molar-refractivity contribution is 5.91. The summed E-state index contributed by atoms with van der Waals surface area (Å²) >= 11 is 0. The van der Waals surface area contributed by atoms with Crippen LogP contribution in [0.4, 0.5) is 13.2 Å². The largest absolute Gasteiger partial charge is 0.497 e. The molecule has 1 heterocycles. The fraction of sp³-hybridized carbons (Fsp3) is 0.348. The molecule has 1 unspecified atom stereocenters. The SMILES string of the molecule is COc1cccc(/C=C/C(=O)NCC(c2ccc(C(F)(F)F)cc2)N2CCOCC2)c1. The molecule has 8 heteroatoms. The standard InChI is InChI=1S/C23H25F3N2O3/c1-30-20-4-2-3-17(15-20)5-10-22(29)27-16-21(28-11-13-31-14-12-28)18-6-8-19(9-7-18)23(24,25)26/h2-10,15,21H,11-14,16H2,1H3,(H,27,29)/b10-5+. The van der Waals surface area contributed by atoms with Gasteiger partial charge in [0.2, 0.25) is 5.91 Å². The Labute approximate surface area is 179 Å². The highest BCUT2D eigenvalue weighted by Gasteiger charge is 2.31. The van der Waals surface area contributed by atoms with Crippen molar-refractivity contribution in [2.75, 3.05) is 40.0 Å². The van der Waals surface area contributed by atoms with Crippen molar-refractivity contribution in [2.24, 2.45) is 0 Å². The molecule has 0 saturated carbocycles. The number of morpholine rings is 1. The summed E-state index contributed by atoms with van der Waals surface area (Å²) in [7, 11) is 1.57. The monoisotopic (exact) mass is 434 g/mol. The predicted octanol–water partition coefficient (Wildman–Crippen LogP) is 3.92. The number of ether oxygens (including phenoxy) is 2. The van der Waals surface area contributed by atoms with E-state index in [-0.39, 0.29) is 18.5 Å². The van der Waals surface area contributed by atoms with Crippen molar-refractivity contribution in [1.82, 2.24) is 10.2 Å². The van der Waals surface area contributed by atoms with Crippen molar-refractivity contribution < 1.29 is 27.4 Å². The minimum atomic E-state index is -4.38. The summed E-state index contributed by atoms with van der Waals surface area (Å²) in [4.78, 5) is 14.5. The van der Waals surface area contributed by atoms with Gasteiger partial charge in [0.05, 0.1) is 31.9 Å². The zero-order chi connectivity index (χ0) is 22.3. The van der Waals surface area contributed by atoms with Gasteiger partial charge in [0, 0.05) is 25.7 Å². The second-order valence-corrected chi connectivity index (χ2v) is 7.14. The number of hydrogen-bond acceptors (Lipinski definition) is 4. The predicted molar refractivity (Wildman–Crippen MR) is 112 cm³/mol. The minimum absolute atomic E-state index is 0.250. The fourth-order valence-electron chi connectivity index (χ4n) is 3.41. The average molecular weight is 434 g/mol. The third-order valence-corrected chi connectivity index (χ3v) is 5.10. The third-order valence-electron chi connectivity index (χ3n) is 5.10. The van der Waals surface area contributed by atoms with Crippen LogP contribution < -0.4 is 10.1 Å². The molecule has 31 heavy (non-hydrogen) atoms. The zero-order valence-corrected chi connectivity index (χ0v) is 17.2. The number of benzene rings is 2. The number of rotatable bonds is 7. The van der Waals surface area contributed by atoms with Crippen LogP contribution in [0.25, 0.3) is 6.08 Å². The zero-order valence-electron chi connectivity index (χ0n) is 17.2. The maximum atomic E-state index is 12.9. The van der Waals surface area contributed by atoms with Gasteiger partial charge < -0.3 is 14.8 Å². The lowest BCUT2D eigenvalue weighted by Gasteiger charge is -2.35. The van der Waals surface area contributed by atoms with Crippen LogP contribution in [0.5, 0.6) is 5.75 Å². The highest BCUT2D eigenvalue weighted by Crippen LogP contribution is 2.31. The number of halogens is 3. The van der Waals surface area contributed by atoms with E-state index < -0.39 is 11.7 Å². The number of alkyl halides is 3. The van der Waals surface area contributed by atoms with Gasteiger partial charge in [-0.1, -0.05) is 24.3 Å². The second-order valence-electron chi connectivity index (χ2n) is 7.14. The topological polar surface area (TPSA) is 50.8 Å². The third kappa shape index (κ3) is 6.57. The van der Waals surface area contributed by atoms with Crippen LogP contribution in [-0.2, 0) is 15.7 Å². The molecule has 0 bridgehead atoms. The molecule has 1 atom stereocenters. The molecule has 0 radical (unpaired) electrons. The van der Waals surface area contributed by atoms with Gasteiger partial charge >= 0.3 is 6.18 Å². The lowest BCUT2D eigenvalue weighted by molar-refractivity contribution is -0.137. The first-order valence-electron chi connectivity index (χ1n) is 9.96. The molecule has 2 aromatic rings. The number of nitrogens with one attached hydrogen (secondary N) is 1. The Morgan fingerprint density at radius 2 is 1.90 bits per heavy atom. The molecule has 0 spiro atoms. The summed E-state index contributed by atoms with van der Waals surface area (Å²) in [5, 5.41) is 2.86. The highest BCUT2D eigenvalue weighted by atomic mass is 19.4. The number of methoxy groups -OCH3 is 1. The Hall–Kier alpha value is -2.84. The summed E-state index contributed by atoms with van der Waals surface area (Å²) in [6, 6.07) is 12.2. The molecule has 1 fully saturated rings. The Morgan fingerprint density at radius 1 is 1.19 bits per heavy atom. The van der Waals surface area contributed by atoms with Gasteiger partial charge in [0.15, 0.2) is 0 Å². The van der Waals surface area contributed by atoms with Crippen molar-refractivity contribution in [3.8, 4) is 5.75 Å². The van der Waals surface area contributed by atoms with E-state index >= 15 is 0 Å². The summed E-state index contributed by atoms with van der Waals surface area (Å²) in [6.45, 7) is 2.64. The maximum Gasteiger partial charge on any atom is 0.416 e. The molecular weight excluding hydrogens is 409 g/mol. The molecular formula is C23H25F3N2O3. The van der Waals surface area contributed by atoms with E-state index in [9.17, 15) is 18.0 Å². The van der Waals surface area contributed by atoms with Crippen LogP contribution in [-0.4, -0.2) is 50.8 Å².